The number of nitrogens with one attached hydrogen (secondary N) is 1. The van der Waals surface area contributed by atoms with Gasteiger partial charge in [-0.3, -0.25) is 0 Å². The van der Waals surface area contributed by atoms with Gasteiger partial charge in [0.15, 0.2) is 0 Å². The molecule has 0 aliphatic heterocycles. The van der Waals surface area contributed by atoms with Crippen LogP contribution in [0.5, 0.6) is 0 Å². The van der Waals surface area contributed by atoms with E-state index in [4.69, 9.17) is 0 Å². The topological polar surface area (TPSA) is 15.3 Å². The first-order valence-electron chi connectivity index (χ1n) is 6.51. The van der Waals surface area contributed by atoms with Gasteiger partial charge in [-0.2, -0.15) is 0 Å². The first-order chi connectivity index (χ1) is 8.08. The smallest absolute Gasteiger partial charge is 0.0227 e. The summed E-state index contributed by atoms with van der Waals surface area (Å²) < 4.78 is 0. The number of hydrogen-bond donors (Lipinski definition) is 1. The van der Waals surface area contributed by atoms with Crippen molar-refractivity contribution in [3.05, 3.63) is 35.4 Å². The highest BCUT2D eigenvalue weighted by atomic mass is 15.0. The molecule has 0 aromatic heterocycles. The molecule has 0 radical (unpaired) electrons. The van der Waals surface area contributed by atoms with Crippen LogP contribution in [0.15, 0.2) is 24.3 Å². The Bertz CT molecular complexity index is 318. The monoisotopic (exact) mass is 234 g/mol. The molecule has 0 amide bonds. The standard InChI is InChI=1S/C15H26N2/c1-13(2)8-9-16-11-14-6-5-7-15(10-14)12-17(3)4/h5-7,10,13,16H,8-9,11-12H2,1-4H3. The SMILES string of the molecule is CC(C)CCNCc1cccc(CN(C)C)c1. The summed E-state index contributed by atoms with van der Waals surface area (Å²) in [6, 6.07) is 8.83. The molecular weight excluding hydrogens is 208 g/mol. The molecule has 0 saturated heterocycles. The molecule has 0 fully saturated rings. The summed E-state index contributed by atoms with van der Waals surface area (Å²) in [6.45, 7) is 7.63. The molecule has 96 valence electrons. The van der Waals surface area contributed by atoms with Crippen molar-refractivity contribution in [2.75, 3.05) is 20.6 Å². The van der Waals surface area contributed by atoms with Crippen LogP contribution in [0.1, 0.15) is 31.4 Å². The molecule has 1 rings (SSSR count). The van der Waals surface area contributed by atoms with Crippen molar-refractivity contribution in [3.63, 3.8) is 0 Å². The van der Waals surface area contributed by atoms with Gasteiger partial charge in [0.1, 0.15) is 0 Å². The van der Waals surface area contributed by atoms with Crippen LogP contribution in [-0.2, 0) is 13.1 Å². The summed E-state index contributed by atoms with van der Waals surface area (Å²) in [5.41, 5.74) is 2.77. The summed E-state index contributed by atoms with van der Waals surface area (Å²) >= 11 is 0. The molecule has 2 heteroatoms. The molecule has 0 saturated carbocycles. The third kappa shape index (κ3) is 6.44. The van der Waals surface area contributed by atoms with Crippen molar-refractivity contribution in [2.24, 2.45) is 5.92 Å². The molecule has 0 spiro atoms. The maximum atomic E-state index is 3.50. The van der Waals surface area contributed by atoms with Crippen LogP contribution in [-0.4, -0.2) is 25.5 Å². The predicted molar refractivity (Wildman–Crippen MR) is 75.0 cm³/mol. The van der Waals surface area contributed by atoms with Crippen molar-refractivity contribution >= 4 is 0 Å². The molecule has 1 N–H and O–H groups in total. The summed E-state index contributed by atoms with van der Waals surface area (Å²) in [5, 5.41) is 3.50. The summed E-state index contributed by atoms with van der Waals surface area (Å²) in [6.07, 6.45) is 1.25. The zero-order chi connectivity index (χ0) is 12.7. The van der Waals surface area contributed by atoms with Gasteiger partial charge in [0.05, 0.1) is 0 Å². The second-order valence-electron chi connectivity index (χ2n) is 5.42. The Hall–Kier alpha value is -0.860. The van der Waals surface area contributed by atoms with Gasteiger partial charge in [0.2, 0.25) is 0 Å². The van der Waals surface area contributed by atoms with E-state index in [1.165, 1.54) is 17.5 Å². The predicted octanol–water partition coefficient (Wildman–Crippen LogP) is 2.88. The lowest BCUT2D eigenvalue weighted by molar-refractivity contribution is 0.402. The van der Waals surface area contributed by atoms with Crippen molar-refractivity contribution < 1.29 is 0 Å². The van der Waals surface area contributed by atoms with Crippen molar-refractivity contribution in [1.29, 1.82) is 0 Å². The van der Waals surface area contributed by atoms with Gasteiger partial charge in [-0.05, 0) is 44.1 Å². The molecule has 1 aromatic rings. The van der Waals surface area contributed by atoms with Crippen LogP contribution in [0.4, 0.5) is 0 Å². The Kier molecular flexibility index (Phi) is 6.23. The molecule has 17 heavy (non-hydrogen) atoms. The first-order valence-corrected chi connectivity index (χ1v) is 6.51. The molecule has 0 aliphatic rings. The van der Waals surface area contributed by atoms with Gasteiger partial charge in [-0.15, -0.1) is 0 Å². The minimum atomic E-state index is 0.780. The van der Waals surface area contributed by atoms with Crippen LogP contribution in [0, 0.1) is 5.92 Å². The van der Waals surface area contributed by atoms with E-state index in [9.17, 15) is 0 Å². The Balaban J connectivity index is 2.37. The van der Waals surface area contributed by atoms with E-state index in [0.29, 0.717) is 0 Å². The van der Waals surface area contributed by atoms with E-state index in [2.05, 4.69) is 62.4 Å². The van der Waals surface area contributed by atoms with E-state index in [0.717, 1.165) is 25.6 Å². The Morgan fingerprint density at radius 2 is 1.88 bits per heavy atom. The summed E-state index contributed by atoms with van der Waals surface area (Å²) in [5.74, 6) is 0.780. The van der Waals surface area contributed by atoms with Gasteiger partial charge in [0, 0.05) is 13.1 Å². The second-order valence-corrected chi connectivity index (χ2v) is 5.42. The number of benzene rings is 1. The van der Waals surface area contributed by atoms with E-state index < -0.39 is 0 Å². The molecule has 0 unspecified atom stereocenters. The van der Waals surface area contributed by atoms with Crippen LogP contribution in [0.3, 0.4) is 0 Å². The van der Waals surface area contributed by atoms with Crippen molar-refractivity contribution in [2.45, 2.75) is 33.4 Å². The van der Waals surface area contributed by atoms with Gasteiger partial charge in [0.25, 0.3) is 0 Å². The summed E-state index contributed by atoms with van der Waals surface area (Å²) in [7, 11) is 4.21. The lowest BCUT2D eigenvalue weighted by Crippen LogP contribution is -2.16. The van der Waals surface area contributed by atoms with Crippen LogP contribution >= 0.6 is 0 Å². The lowest BCUT2D eigenvalue weighted by Gasteiger charge is -2.11. The maximum Gasteiger partial charge on any atom is 0.0227 e. The number of hydrogen-bond acceptors (Lipinski definition) is 2. The van der Waals surface area contributed by atoms with E-state index >= 15 is 0 Å². The molecule has 0 aliphatic carbocycles. The van der Waals surface area contributed by atoms with Gasteiger partial charge in [-0.1, -0.05) is 38.1 Å². The molecule has 0 bridgehead atoms. The van der Waals surface area contributed by atoms with Gasteiger partial charge >= 0.3 is 0 Å². The van der Waals surface area contributed by atoms with E-state index in [1.807, 2.05) is 0 Å². The van der Waals surface area contributed by atoms with Crippen molar-refractivity contribution in [3.8, 4) is 0 Å². The fourth-order valence-electron chi connectivity index (χ4n) is 1.83. The maximum absolute atomic E-state index is 3.50. The van der Waals surface area contributed by atoms with Gasteiger partial charge < -0.3 is 10.2 Å². The third-order valence-electron chi connectivity index (χ3n) is 2.72. The van der Waals surface area contributed by atoms with Crippen LogP contribution in [0.25, 0.3) is 0 Å². The van der Waals surface area contributed by atoms with Gasteiger partial charge in [-0.25, -0.2) is 0 Å². The Morgan fingerprint density at radius 3 is 2.53 bits per heavy atom. The minimum absolute atomic E-state index is 0.780. The van der Waals surface area contributed by atoms with Crippen molar-refractivity contribution in [1.82, 2.24) is 10.2 Å². The first kappa shape index (κ1) is 14.2. The minimum Gasteiger partial charge on any atom is -0.313 e. The fourth-order valence-corrected chi connectivity index (χ4v) is 1.83. The average molecular weight is 234 g/mol. The fraction of sp³-hybridized carbons (Fsp3) is 0.600. The van der Waals surface area contributed by atoms with Crippen LogP contribution < -0.4 is 5.32 Å². The normalized spacial score (nSPS) is 11.4. The second kappa shape index (κ2) is 7.46. The molecular formula is C15H26N2. The highest BCUT2D eigenvalue weighted by Crippen LogP contribution is 2.07. The largest absolute Gasteiger partial charge is 0.313 e. The quantitative estimate of drug-likeness (QED) is 0.730. The highest BCUT2D eigenvalue weighted by Gasteiger charge is 1.98. The zero-order valence-electron chi connectivity index (χ0n) is 11.7. The number of nitrogens with zero attached hydrogens (tertiary/aromatic N) is 1. The van der Waals surface area contributed by atoms with E-state index in [1.54, 1.807) is 0 Å². The molecule has 2 nitrogen and oxygen atoms in total. The Labute approximate surface area is 106 Å². The average Bonchev–Trinajstić information content (AvgIpc) is 2.24. The molecule has 0 atom stereocenters. The molecule has 0 heterocycles. The third-order valence-corrected chi connectivity index (χ3v) is 2.72. The summed E-state index contributed by atoms with van der Waals surface area (Å²) in [4.78, 5) is 2.20. The number of rotatable bonds is 7. The zero-order valence-corrected chi connectivity index (χ0v) is 11.7. The molecule has 1 aromatic carbocycles. The Morgan fingerprint density at radius 1 is 1.18 bits per heavy atom. The van der Waals surface area contributed by atoms with E-state index in [-0.39, 0.29) is 0 Å². The lowest BCUT2D eigenvalue weighted by atomic mass is 10.1. The highest BCUT2D eigenvalue weighted by molar-refractivity contribution is 5.23. The van der Waals surface area contributed by atoms with Crippen LogP contribution in [0.2, 0.25) is 0 Å².